The largest absolute Gasteiger partial charge is 0.481 e. The molecular formula is C10H17NO2. The van der Waals surface area contributed by atoms with Gasteiger partial charge in [-0.1, -0.05) is 26.2 Å². The molecule has 0 saturated heterocycles. The van der Waals surface area contributed by atoms with Crippen LogP contribution >= 0.6 is 0 Å². The summed E-state index contributed by atoms with van der Waals surface area (Å²) in [6.07, 6.45) is 4.70. The number of unbranched alkanes of at least 4 members (excludes halogenated alkanes) is 2. The van der Waals surface area contributed by atoms with Crippen LogP contribution in [0.2, 0.25) is 0 Å². The first kappa shape index (κ1) is 12.0. The van der Waals surface area contributed by atoms with Crippen molar-refractivity contribution in [2.75, 3.05) is 0 Å². The van der Waals surface area contributed by atoms with Gasteiger partial charge in [0.1, 0.15) is 0 Å². The van der Waals surface area contributed by atoms with E-state index in [1.807, 2.05) is 6.07 Å². The lowest BCUT2D eigenvalue weighted by Gasteiger charge is -2.08. The first-order valence-electron chi connectivity index (χ1n) is 4.82. The fourth-order valence-corrected chi connectivity index (χ4v) is 1.27. The van der Waals surface area contributed by atoms with Crippen LogP contribution in [0.5, 0.6) is 0 Å². The van der Waals surface area contributed by atoms with Crippen molar-refractivity contribution in [1.29, 1.82) is 5.26 Å². The highest BCUT2D eigenvalue weighted by molar-refractivity contribution is 5.69. The van der Waals surface area contributed by atoms with Crippen LogP contribution in [0.25, 0.3) is 0 Å². The number of rotatable bonds is 7. The van der Waals surface area contributed by atoms with Crippen molar-refractivity contribution in [3.8, 4) is 6.07 Å². The molecule has 0 amide bonds. The molecule has 13 heavy (non-hydrogen) atoms. The second-order valence-electron chi connectivity index (χ2n) is 3.23. The van der Waals surface area contributed by atoms with Crippen LogP contribution in [0, 0.1) is 17.2 Å². The van der Waals surface area contributed by atoms with Crippen LogP contribution in [-0.2, 0) is 4.79 Å². The van der Waals surface area contributed by atoms with Crippen LogP contribution in [0.15, 0.2) is 0 Å². The average Bonchev–Trinajstić information content (AvgIpc) is 2.10. The van der Waals surface area contributed by atoms with E-state index in [2.05, 4.69) is 6.92 Å². The van der Waals surface area contributed by atoms with Gasteiger partial charge in [0.25, 0.3) is 0 Å². The van der Waals surface area contributed by atoms with Crippen LogP contribution in [0.1, 0.15) is 45.4 Å². The zero-order chi connectivity index (χ0) is 10.1. The summed E-state index contributed by atoms with van der Waals surface area (Å²) in [7, 11) is 0. The fraction of sp³-hybridized carbons (Fsp3) is 0.800. The Morgan fingerprint density at radius 1 is 1.46 bits per heavy atom. The molecule has 0 saturated carbocycles. The van der Waals surface area contributed by atoms with Crippen molar-refractivity contribution in [2.24, 2.45) is 5.92 Å². The summed E-state index contributed by atoms with van der Waals surface area (Å²) >= 11 is 0. The van der Waals surface area contributed by atoms with Gasteiger partial charge in [-0.05, 0) is 12.8 Å². The zero-order valence-electron chi connectivity index (χ0n) is 8.12. The lowest BCUT2D eigenvalue weighted by molar-refractivity contribution is -0.142. The van der Waals surface area contributed by atoms with Crippen molar-refractivity contribution in [3.63, 3.8) is 0 Å². The number of hydrogen-bond acceptors (Lipinski definition) is 2. The Kier molecular flexibility index (Phi) is 6.99. The monoisotopic (exact) mass is 183 g/mol. The van der Waals surface area contributed by atoms with Gasteiger partial charge in [0.15, 0.2) is 0 Å². The second-order valence-corrected chi connectivity index (χ2v) is 3.23. The van der Waals surface area contributed by atoms with E-state index in [1.165, 1.54) is 0 Å². The Morgan fingerprint density at radius 2 is 2.15 bits per heavy atom. The molecule has 0 bridgehead atoms. The van der Waals surface area contributed by atoms with Gasteiger partial charge in [0, 0.05) is 6.42 Å². The molecule has 1 atom stereocenters. The van der Waals surface area contributed by atoms with Crippen molar-refractivity contribution in [3.05, 3.63) is 0 Å². The lowest BCUT2D eigenvalue weighted by atomic mass is 9.97. The number of nitriles is 1. The molecule has 3 nitrogen and oxygen atoms in total. The van der Waals surface area contributed by atoms with Crippen LogP contribution < -0.4 is 0 Å². The highest BCUT2D eigenvalue weighted by atomic mass is 16.4. The standard InChI is InChI=1S/C10H17NO2/c1-2-3-4-6-9(10(12)13)7-5-8-11/h9H,2-7H2,1H3,(H,12,13). The van der Waals surface area contributed by atoms with Crippen molar-refractivity contribution < 1.29 is 9.90 Å². The van der Waals surface area contributed by atoms with E-state index >= 15 is 0 Å². The Hall–Kier alpha value is -1.04. The minimum absolute atomic E-state index is 0.314. The number of nitrogens with zero attached hydrogens (tertiary/aromatic N) is 1. The molecule has 0 spiro atoms. The molecule has 1 unspecified atom stereocenters. The molecule has 0 aromatic heterocycles. The number of carboxylic acids is 1. The van der Waals surface area contributed by atoms with Crippen LogP contribution in [0.4, 0.5) is 0 Å². The molecule has 1 N–H and O–H groups in total. The topological polar surface area (TPSA) is 61.1 Å². The molecule has 0 aliphatic carbocycles. The third-order valence-electron chi connectivity index (χ3n) is 2.11. The molecule has 0 rings (SSSR count). The predicted octanol–water partition coefficient (Wildman–Crippen LogP) is 2.57. The third-order valence-corrected chi connectivity index (χ3v) is 2.11. The Bertz CT molecular complexity index is 184. The summed E-state index contributed by atoms with van der Waals surface area (Å²) in [4.78, 5) is 10.7. The van der Waals surface area contributed by atoms with Crippen LogP contribution in [0.3, 0.4) is 0 Å². The van der Waals surface area contributed by atoms with Crippen molar-refractivity contribution in [1.82, 2.24) is 0 Å². The van der Waals surface area contributed by atoms with Gasteiger partial charge < -0.3 is 5.11 Å². The van der Waals surface area contributed by atoms with E-state index < -0.39 is 5.97 Å². The van der Waals surface area contributed by atoms with E-state index in [4.69, 9.17) is 10.4 Å². The summed E-state index contributed by atoms with van der Waals surface area (Å²) in [5.74, 6) is -1.07. The van der Waals surface area contributed by atoms with Gasteiger partial charge in [-0.3, -0.25) is 4.79 Å². The zero-order valence-corrected chi connectivity index (χ0v) is 8.12. The maximum atomic E-state index is 10.7. The molecule has 0 aliphatic heterocycles. The maximum absolute atomic E-state index is 10.7. The summed E-state index contributed by atoms with van der Waals surface area (Å²) in [5.41, 5.74) is 0. The lowest BCUT2D eigenvalue weighted by Crippen LogP contribution is -2.13. The molecule has 0 aromatic carbocycles. The third kappa shape index (κ3) is 6.15. The second kappa shape index (κ2) is 7.60. The molecule has 0 radical (unpaired) electrons. The Morgan fingerprint density at radius 3 is 2.62 bits per heavy atom. The Balaban J connectivity index is 3.68. The molecule has 0 aromatic rings. The van der Waals surface area contributed by atoms with E-state index in [0.717, 1.165) is 19.3 Å². The first-order valence-corrected chi connectivity index (χ1v) is 4.82. The first-order chi connectivity index (χ1) is 6.22. The Labute approximate surface area is 79.4 Å². The van der Waals surface area contributed by atoms with Gasteiger partial charge in [0.2, 0.25) is 0 Å². The summed E-state index contributed by atoms with van der Waals surface area (Å²) < 4.78 is 0. The fourth-order valence-electron chi connectivity index (χ4n) is 1.27. The minimum Gasteiger partial charge on any atom is -0.481 e. The van der Waals surface area contributed by atoms with Gasteiger partial charge in [0.05, 0.1) is 12.0 Å². The molecule has 3 heteroatoms. The molecule has 0 aliphatic rings. The number of hydrogen-bond donors (Lipinski definition) is 1. The van der Waals surface area contributed by atoms with E-state index in [0.29, 0.717) is 19.3 Å². The smallest absolute Gasteiger partial charge is 0.306 e. The summed E-state index contributed by atoms with van der Waals surface area (Å²) in [5, 5.41) is 17.1. The molecular weight excluding hydrogens is 166 g/mol. The van der Waals surface area contributed by atoms with Crippen LogP contribution in [-0.4, -0.2) is 11.1 Å². The normalized spacial score (nSPS) is 12.0. The van der Waals surface area contributed by atoms with Gasteiger partial charge in [-0.25, -0.2) is 0 Å². The number of aliphatic carboxylic acids is 1. The summed E-state index contributed by atoms with van der Waals surface area (Å²) in [6, 6.07) is 1.98. The van der Waals surface area contributed by atoms with E-state index in [9.17, 15) is 4.79 Å². The van der Waals surface area contributed by atoms with Gasteiger partial charge >= 0.3 is 5.97 Å². The molecule has 0 fully saturated rings. The summed E-state index contributed by atoms with van der Waals surface area (Å²) in [6.45, 7) is 2.09. The SMILES string of the molecule is CCCCCC(CCC#N)C(=O)O. The van der Waals surface area contributed by atoms with Crippen molar-refractivity contribution in [2.45, 2.75) is 45.4 Å². The van der Waals surface area contributed by atoms with Gasteiger partial charge in [-0.15, -0.1) is 0 Å². The minimum atomic E-state index is -0.758. The predicted molar refractivity (Wildman–Crippen MR) is 50.1 cm³/mol. The van der Waals surface area contributed by atoms with Crippen molar-refractivity contribution >= 4 is 5.97 Å². The highest BCUT2D eigenvalue weighted by Gasteiger charge is 2.15. The van der Waals surface area contributed by atoms with E-state index in [-0.39, 0.29) is 5.92 Å². The molecule has 74 valence electrons. The maximum Gasteiger partial charge on any atom is 0.306 e. The quantitative estimate of drug-likeness (QED) is 0.617. The van der Waals surface area contributed by atoms with E-state index in [1.54, 1.807) is 0 Å². The average molecular weight is 183 g/mol. The van der Waals surface area contributed by atoms with Gasteiger partial charge in [-0.2, -0.15) is 5.26 Å². The number of carboxylic acid groups (broad SMARTS) is 1. The molecule has 0 heterocycles. The highest BCUT2D eigenvalue weighted by Crippen LogP contribution is 2.15. The number of carbonyl (C=O) groups is 1.